The molecule has 1 heteroatoms. The second-order valence-electron chi connectivity index (χ2n) is 3.09. The third kappa shape index (κ3) is 1.72. The van der Waals surface area contributed by atoms with Crippen molar-refractivity contribution in [1.29, 1.82) is 0 Å². The van der Waals surface area contributed by atoms with Crippen molar-refractivity contribution in [2.45, 2.75) is 38.6 Å². The minimum absolute atomic E-state index is 0.877. The summed E-state index contributed by atoms with van der Waals surface area (Å²) in [5.41, 5.74) is 0. The van der Waals surface area contributed by atoms with Crippen LogP contribution in [0.1, 0.15) is 32.6 Å². The highest BCUT2D eigenvalue weighted by Crippen LogP contribution is 2.19. The normalized spacial score (nSPS) is 27.6. The molecule has 1 aliphatic heterocycles. The molecule has 0 amide bonds. The molecular weight excluding hydrogens is 122 g/mol. The van der Waals surface area contributed by atoms with E-state index in [0.29, 0.717) is 0 Å². The molecule has 1 saturated heterocycles. The first kappa shape index (κ1) is 8.06. The van der Waals surface area contributed by atoms with Gasteiger partial charge in [-0.2, -0.15) is 0 Å². The Labute approximate surface area is 64.4 Å². The lowest BCUT2D eigenvalue weighted by Gasteiger charge is -2.21. The predicted octanol–water partition coefficient (Wildman–Crippen LogP) is 2.08. The van der Waals surface area contributed by atoms with E-state index in [1.807, 2.05) is 0 Å². The second-order valence-corrected chi connectivity index (χ2v) is 3.09. The summed E-state index contributed by atoms with van der Waals surface area (Å²) < 4.78 is 0. The largest absolute Gasteiger partial charge is 0.300 e. The average Bonchev–Trinajstić information content (AvgIpc) is 2.36. The predicted molar refractivity (Wildman–Crippen MR) is 44.9 cm³/mol. The summed E-state index contributed by atoms with van der Waals surface area (Å²) in [5, 5.41) is 0. The smallest absolute Gasteiger partial charge is 0.00931 e. The summed E-state index contributed by atoms with van der Waals surface area (Å²) in [4.78, 5) is 2.58. The molecule has 10 heavy (non-hydrogen) atoms. The molecule has 1 unspecified atom stereocenters. The molecule has 0 spiro atoms. The van der Waals surface area contributed by atoms with Crippen molar-refractivity contribution in [3.63, 3.8) is 0 Å². The molecule has 0 N–H and O–H groups in total. The first-order chi connectivity index (χ1) is 4.88. The van der Waals surface area contributed by atoms with Gasteiger partial charge in [-0.3, -0.25) is 0 Å². The van der Waals surface area contributed by atoms with E-state index in [0.717, 1.165) is 12.5 Å². The van der Waals surface area contributed by atoms with Crippen LogP contribution in [-0.4, -0.2) is 24.0 Å². The van der Waals surface area contributed by atoms with Crippen LogP contribution in [0.15, 0.2) is 0 Å². The molecule has 0 aliphatic carbocycles. The van der Waals surface area contributed by atoms with Crippen LogP contribution in [0.3, 0.4) is 0 Å². The van der Waals surface area contributed by atoms with Crippen molar-refractivity contribution in [3.05, 3.63) is 6.92 Å². The minimum Gasteiger partial charge on any atom is -0.300 e. The van der Waals surface area contributed by atoms with Crippen molar-refractivity contribution in [2.24, 2.45) is 0 Å². The summed E-state index contributed by atoms with van der Waals surface area (Å²) in [5.74, 6) is 0. The lowest BCUT2D eigenvalue weighted by molar-refractivity contribution is 0.253. The van der Waals surface area contributed by atoms with Gasteiger partial charge in [0.1, 0.15) is 0 Å². The zero-order valence-corrected chi connectivity index (χ0v) is 6.97. The lowest BCUT2D eigenvalue weighted by Crippen LogP contribution is -2.29. The van der Waals surface area contributed by atoms with E-state index in [1.54, 1.807) is 0 Å². The van der Waals surface area contributed by atoms with Gasteiger partial charge < -0.3 is 4.90 Å². The maximum absolute atomic E-state index is 3.88. The van der Waals surface area contributed by atoms with Gasteiger partial charge in [0, 0.05) is 6.04 Å². The van der Waals surface area contributed by atoms with E-state index in [-0.39, 0.29) is 0 Å². The van der Waals surface area contributed by atoms with Crippen molar-refractivity contribution in [1.82, 2.24) is 4.90 Å². The number of rotatable bonds is 3. The van der Waals surface area contributed by atoms with Crippen LogP contribution in [0, 0.1) is 6.92 Å². The second kappa shape index (κ2) is 3.97. The van der Waals surface area contributed by atoms with E-state index < -0.39 is 0 Å². The van der Waals surface area contributed by atoms with E-state index in [1.165, 1.54) is 32.4 Å². The fourth-order valence-corrected chi connectivity index (χ4v) is 1.85. The summed E-state index contributed by atoms with van der Waals surface area (Å²) in [6.45, 7) is 8.68. The summed E-state index contributed by atoms with van der Waals surface area (Å²) in [7, 11) is 0. The highest BCUT2D eigenvalue weighted by molar-refractivity contribution is 4.77. The van der Waals surface area contributed by atoms with Gasteiger partial charge >= 0.3 is 0 Å². The topological polar surface area (TPSA) is 3.24 Å². The molecule has 0 bridgehead atoms. The Morgan fingerprint density at radius 3 is 3.00 bits per heavy atom. The highest BCUT2D eigenvalue weighted by Gasteiger charge is 2.20. The molecule has 1 heterocycles. The molecule has 59 valence electrons. The maximum atomic E-state index is 3.88. The van der Waals surface area contributed by atoms with Crippen molar-refractivity contribution in [2.75, 3.05) is 13.1 Å². The third-order valence-corrected chi connectivity index (χ3v) is 2.42. The molecule has 0 aromatic rings. The molecule has 0 aromatic heterocycles. The maximum Gasteiger partial charge on any atom is 0.00931 e. The number of likely N-dealkylation sites (tertiary alicyclic amines) is 1. The molecule has 1 atom stereocenters. The fourth-order valence-electron chi connectivity index (χ4n) is 1.85. The van der Waals surface area contributed by atoms with Crippen LogP contribution < -0.4 is 0 Å². The minimum atomic E-state index is 0.877. The van der Waals surface area contributed by atoms with Crippen molar-refractivity contribution < 1.29 is 0 Å². The first-order valence-corrected chi connectivity index (χ1v) is 4.41. The standard InChI is InChI=1S/C9H18N/c1-3-7-10-8-5-6-9(10)4-2/h9H,1,3-8H2,2H3. The SMILES string of the molecule is [CH2]CCN1CCCC1CC. The Hall–Kier alpha value is -0.0400. The Bertz CT molecular complexity index is 90.7. The van der Waals surface area contributed by atoms with Gasteiger partial charge in [-0.15, -0.1) is 0 Å². The molecule has 0 aromatic carbocycles. The van der Waals surface area contributed by atoms with Gasteiger partial charge in [-0.25, -0.2) is 0 Å². The van der Waals surface area contributed by atoms with Gasteiger partial charge in [-0.1, -0.05) is 13.8 Å². The Kier molecular flexibility index (Phi) is 3.20. The monoisotopic (exact) mass is 140 g/mol. The Morgan fingerprint density at radius 2 is 2.40 bits per heavy atom. The number of hydrogen-bond acceptors (Lipinski definition) is 1. The van der Waals surface area contributed by atoms with Crippen LogP contribution in [0.25, 0.3) is 0 Å². The van der Waals surface area contributed by atoms with Crippen molar-refractivity contribution >= 4 is 0 Å². The van der Waals surface area contributed by atoms with E-state index >= 15 is 0 Å². The van der Waals surface area contributed by atoms with Crippen LogP contribution in [-0.2, 0) is 0 Å². The van der Waals surface area contributed by atoms with Gasteiger partial charge in [0.05, 0.1) is 0 Å². The van der Waals surface area contributed by atoms with Crippen LogP contribution in [0.4, 0.5) is 0 Å². The first-order valence-electron chi connectivity index (χ1n) is 4.41. The van der Waals surface area contributed by atoms with Crippen LogP contribution in [0.5, 0.6) is 0 Å². The van der Waals surface area contributed by atoms with Crippen LogP contribution >= 0.6 is 0 Å². The molecule has 1 aliphatic rings. The molecule has 1 fully saturated rings. The summed E-state index contributed by atoms with van der Waals surface area (Å²) in [6, 6.07) is 0.877. The summed E-state index contributed by atoms with van der Waals surface area (Å²) in [6.07, 6.45) is 5.20. The molecule has 0 saturated carbocycles. The fraction of sp³-hybridized carbons (Fsp3) is 0.889. The average molecular weight is 140 g/mol. The zero-order valence-electron chi connectivity index (χ0n) is 6.97. The van der Waals surface area contributed by atoms with E-state index in [9.17, 15) is 0 Å². The quantitative estimate of drug-likeness (QED) is 0.580. The highest BCUT2D eigenvalue weighted by atomic mass is 15.2. The van der Waals surface area contributed by atoms with Gasteiger partial charge in [0.2, 0.25) is 0 Å². The van der Waals surface area contributed by atoms with E-state index in [2.05, 4.69) is 18.7 Å². The van der Waals surface area contributed by atoms with Gasteiger partial charge in [-0.05, 0) is 38.8 Å². The van der Waals surface area contributed by atoms with E-state index in [4.69, 9.17) is 0 Å². The molecule has 1 radical (unpaired) electrons. The number of nitrogens with zero attached hydrogens (tertiary/aromatic N) is 1. The van der Waals surface area contributed by atoms with Crippen molar-refractivity contribution in [3.8, 4) is 0 Å². The van der Waals surface area contributed by atoms with Crippen LogP contribution in [0.2, 0.25) is 0 Å². The Balaban J connectivity index is 2.27. The number of hydrogen-bond donors (Lipinski definition) is 0. The van der Waals surface area contributed by atoms with Gasteiger partial charge in [0.25, 0.3) is 0 Å². The zero-order chi connectivity index (χ0) is 7.40. The summed E-state index contributed by atoms with van der Waals surface area (Å²) >= 11 is 0. The Morgan fingerprint density at radius 1 is 1.60 bits per heavy atom. The lowest BCUT2D eigenvalue weighted by atomic mass is 10.2. The molecule has 1 rings (SSSR count). The molecule has 1 nitrogen and oxygen atoms in total. The molecular formula is C9H18N. The van der Waals surface area contributed by atoms with Gasteiger partial charge in [0.15, 0.2) is 0 Å². The third-order valence-electron chi connectivity index (χ3n) is 2.42.